The maximum atomic E-state index is 13.7. The van der Waals surface area contributed by atoms with Gasteiger partial charge in [0.2, 0.25) is 0 Å². The lowest BCUT2D eigenvalue weighted by Gasteiger charge is -2.10. The van der Waals surface area contributed by atoms with E-state index in [1.165, 1.54) is 18.2 Å². The molecule has 3 aromatic carbocycles. The van der Waals surface area contributed by atoms with E-state index in [1.54, 1.807) is 30.3 Å². The largest absolute Gasteiger partial charge is 0.355 e. The van der Waals surface area contributed by atoms with E-state index in [4.69, 9.17) is 0 Å². The number of halogens is 2. The predicted molar refractivity (Wildman–Crippen MR) is 73.6 cm³/mol. The number of nitrogens with one attached hydrogen (secondary N) is 1. The second-order valence-electron chi connectivity index (χ2n) is 4.27. The topological polar surface area (TPSA) is 12.0 Å². The van der Waals surface area contributed by atoms with Gasteiger partial charge in [-0.15, -0.1) is 0 Å². The van der Waals surface area contributed by atoms with Crippen LogP contribution in [-0.2, 0) is 0 Å². The van der Waals surface area contributed by atoms with E-state index in [0.717, 1.165) is 16.8 Å². The molecule has 0 atom stereocenters. The molecule has 0 aliphatic rings. The highest BCUT2D eigenvalue weighted by Gasteiger charge is 2.05. The molecule has 94 valence electrons. The minimum absolute atomic E-state index is 0.250. The normalized spacial score (nSPS) is 10.6. The van der Waals surface area contributed by atoms with Crippen molar-refractivity contribution in [2.24, 2.45) is 0 Å². The van der Waals surface area contributed by atoms with Crippen molar-refractivity contribution < 1.29 is 8.78 Å². The number of benzene rings is 3. The maximum Gasteiger partial charge on any atom is 0.131 e. The van der Waals surface area contributed by atoms with Gasteiger partial charge in [-0.3, -0.25) is 0 Å². The van der Waals surface area contributed by atoms with Gasteiger partial charge < -0.3 is 5.32 Å². The Labute approximate surface area is 109 Å². The second kappa shape index (κ2) is 4.69. The maximum absolute atomic E-state index is 13.7. The zero-order chi connectivity index (χ0) is 13.2. The van der Waals surface area contributed by atoms with Crippen LogP contribution in [0.3, 0.4) is 0 Å². The van der Waals surface area contributed by atoms with Crippen LogP contribution in [0.15, 0.2) is 60.7 Å². The van der Waals surface area contributed by atoms with Crippen LogP contribution in [0.25, 0.3) is 10.8 Å². The van der Waals surface area contributed by atoms with Crippen molar-refractivity contribution in [3.63, 3.8) is 0 Å². The Hall–Kier alpha value is -2.42. The van der Waals surface area contributed by atoms with E-state index in [9.17, 15) is 8.78 Å². The van der Waals surface area contributed by atoms with Crippen molar-refractivity contribution in [2.75, 3.05) is 5.32 Å². The Morgan fingerprint density at radius 2 is 1.37 bits per heavy atom. The highest BCUT2D eigenvalue weighted by atomic mass is 19.1. The monoisotopic (exact) mass is 255 g/mol. The minimum atomic E-state index is -0.283. The molecule has 0 saturated heterocycles. The zero-order valence-electron chi connectivity index (χ0n) is 10.0. The average Bonchev–Trinajstić information content (AvgIpc) is 2.45. The standard InChI is InChI=1S/C16H11F2N/c17-11-5-7-12(8-6-11)19-16-10-9-15(18)13-3-1-2-4-14(13)16/h1-10,19H. The number of fused-ring (bicyclic) bond motifs is 1. The SMILES string of the molecule is Fc1ccc(Nc2ccc(F)c3ccccc23)cc1. The summed E-state index contributed by atoms with van der Waals surface area (Å²) in [7, 11) is 0. The molecule has 0 aliphatic carbocycles. The Morgan fingerprint density at radius 1 is 0.684 bits per heavy atom. The predicted octanol–water partition coefficient (Wildman–Crippen LogP) is 4.86. The number of rotatable bonds is 2. The molecule has 0 radical (unpaired) electrons. The van der Waals surface area contributed by atoms with Crippen molar-refractivity contribution in [3.8, 4) is 0 Å². The third kappa shape index (κ3) is 2.27. The fourth-order valence-electron chi connectivity index (χ4n) is 2.06. The lowest BCUT2D eigenvalue weighted by atomic mass is 10.1. The van der Waals surface area contributed by atoms with Crippen molar-refractivity contribution in [2.45, 2.75) is 0 Å². The van der Waals surface area contributed by atoms with Crippen LogP contribution in [0.5, 0.6) is 0 Å². The van der Waals surface area contributed by atoms with E-state index < -0.39 is 0 Å². The molecule has 0 spiro atoms. The summed E-state index contributed by atoms with van der Waals surface area (Å²) in [6.45, 7) is 0. The van der Waals surface area contributed by atoms with E-state index >= 15 is 0 Å². The van der Waals surface area contributed by atoms with Crippen LogP contribution in [0.4, 0.5) is 20.2 Å². The fraction of sp³-hybridized carbons (Fsp3) is 0. The van der Waals surface area contributed by atoms with Gasteiger partial charge in [0.05, 0.1) is 0 Å². The second-order valence-corrected chi connectivity index (χ2v) is 4.27. The molecule has 0 heterocycles. The molecule has 1 nitrogen and oxygen atoms in total. The minimum Gasteiger partial charge on any atom is -0.355 e. The first-order valence-corrected chi connectivity index (χ1v) is 5.94. The molecule has 3 rings (SSSR count). The molecule has 0 aromatic heterocycles. The fourth-order valence-corrected chi connectivity index (χ4v) is 2.06. The highest BCUT2D eigenvalue weighted by molar-refractivity contribution is 5.95. The molecular weight excluding hydrogens is 244 g/mol. The van der Waals surface area contributed by atoms with Gasteiger partial charge in [0.25, 0.3) is 0 Å². The quantitative estimate of drug-likeness (QED) is 0.689. The summed E-state index contributed by atoms with van der Waals surface area (Å²) in [6, 6.07) is 16.4. The Kier molecular flexibility index (Phi) is 2.88. The summed E-state index contributed by atoms with van der Waals surface area (Å²) in [5.74, 6) is -0.533. The van der Waals surface area contributed by atoms with Gasteiger partial charge in [-0.2, -0.15) is 0 Å². The van der Waals surface area contributed by atoms with E-state index in [-0.39, 0.29) is 11.6 Å². The highest BCUT2D eigenvalue weighted by Crippen LogP contribution is 2.28. The number of hydrogen-bond acceptors (Lipinski definition) is 1. The first kappa shape index (κ1) is 11.7. The van der Waals surface area contributed by atoms with Crippen molar-refractivity contribution in [1.29, 1.82) is 0 Å². The summed E-state index contributed by atoms with van der Waals surface area (Å²) < 4.78 is 26.5. The molecular formula is C16H11F2N. The Morgan fingerprint density at radius 3 is 2.11 bits per heavy atom. The number of hydrogen-bond donors (Lipinski definition) is 1. The van der Waals surface area contributed by atoms with Crippen LogP contribution in [0, 0.1) is 11.6 Å². The average molecular weight is 255 g/mol. The van der Waals surface area contributed by atoms with Crippen molar-refractivity contribution in [3.05, 3.63) is 72.3 Å². The van der Waals surface area contributed by atoms with E-state index in [0.29, 0.717) is 5.39 Å². The van der Waals surface area contributed by atoms with E-state index in [2.05, 4.69) is 5.32 Å². The molecule has 0 saturated carbocycles. The van der Waals surface area contributed by atoms with Crippen molar-refractivity contribution in [1.82, 2.24) is 0 Å². The molecule has 0 bridgehead atoms. The summed E-state index contributed by atoms with van der Waals surface area (Å²) in [5, 5.41) is 4.53. The summed E-state index contributed by atoms with van der Waals surface area (Å²) in [4.78, 5) is 0. The van der Waals surface area contributed by atoms with Crippen LogP contribution >= 0.6 is 0 Å². The van der Waals surface area contributed by atoms with Crippen LogP contribution in [-0.4, -0.2) is 0 Å². The summed E-state index contributed by atoms with van der Waals surface area (Å²) in [6.07, 6.45) is 0. The molecule has 3 heteroatoms. The molecule has 0 fully saturated rings. The van der Waals surface area contributed by atoms with Gasteiger partial charge in [0.1, 0.15) is 11.6 Å². The number of anilines is 2. The van der Waals surface area contributed by atoms with Crippen LogP contribution in [0.2, 0.25) is 0 Å². The first-order valence-electron chi connectivity index (χ1n) is 5.94. The van der Waals surface area contributed by atoms with E-state index in [1.807, 2.05) is 12.1 Å². The molecule has 0 amide bonds. The lowest BCUT2D eigenvalue weighted by Crippen LogP contribution is -1.92. The smallest absolute Gasteiger partial charge is 0.131 e. The summed E-state index contributed by atoms with van der Waals surface area (Å²) in [5.41, 5.74) is 1.56. The Bertz CT molecular complexity index is 720. The molecule has 3 aromatic rings. The molecule has 1 N–H and O–H groups in total. The summed E-state index contributed by atoms with van der Waals surface area (Å²) >= 11 is 0. The van der Waals surface area contributed by atoms with Gasteiger partial charge in [0, 0.05) is 22.1 Å². The molecule has 19 heavy (non-hydrogen) atoms. The van der Waals surface area contributed by atoms with Crippen LogP contribution in [0.1, 0.15) is 0 Å². The van der Waals surface area contributed by atoms with Gasteiger partial charge in [0.15, 0.2) is 0 Å². The van der Waals surface area contributed by atoms with Gasteiger partial charge in [-0.25, -0.2) is 8.78 Å². The lowest BCUT2D eigenvalue weighted by molar-refractivity contribution is 0.628. The Balaban J connectivity index is 2.06. The molecule has 0 aliphatic heterocycles. The van der Waals surface area contributed by atoms with Gasteiger partial charge in [-0.1, -0.05) is 24.3 Å². The van der Waals surface area contributed by atoms with Gasteiger partial charge in [-0.05, 0) is 36.4 Å². The first-order chi connectivity index (χ1) is 9.24. The van der Waals surface area contributed by atoms with Gasteiger partial charge >= 0.3 is 0 Å². The van der Waals surface area contributed by atoms with Crippen LogP contribution < -0.4 is 5.32 Å². The third-order valence-corrected chi connectivity index (χ3v) is 2.99. The van der Waals surface area contributed by atoms with Crippen molar-refractivity contribution >= 4 is 22.1 Å². The zero-order valence-corrected chi connectivity index (χ0v) is 10.0. The third-order valence-electron chi connectivity index (χ3n) is 2.99. The molecule has 0 unspecified atom stereocenters.